The number of Topliss-reactive ketones (excluding diaryl/α,β-unsaturated/α-hetero) is 1. The highest BCUT2D eigenvalue weighted by atomic mass is 79.9. The standard InChI is InChI=1S/C25H20BrN3O5/c1-14(30)28-16-7-9-17(10-8-16)29-22(19-5-3-4-12-27-19)21(24(32)25(29)33)23(31)15-6-11-20(34-2)18(26)13-15/h3-13,22,31H,1-2H3,(H,28,30)/b23-21-. The Morgan fingerprint density at radius 2 is 1.85 bits per heavy atom. The van der Waals surface area contributed by atoms with E-state index >= 15 is 0 Å². The molecule has 0 bridgehead atoms. The summed E-state index contributed by atoms with van der Waals surface area (Å²) < 4.78 is 5.81. The van der Waals surface area contributed by atoms with Crippen LogP contribution in [0.1, 0.15) is 24.2 Å². The van der Waals surface area contributed by atoms with Crippen LogP contribution in [0.15, 0.2) is 76.9 Å². The van der Waals surface area contributed by atoms with E-state index in [0.29, 0.717) is 32.9 Å². The molecule has 0 radical (unpaired) electrons. The van der Waals surface area contributed by atoms with E-state index in [9.17, 15) is 19.5 Å². The first-order valence-corrected chi connectivity index (χ1v) is 11.0. The molecule has 1 fully saturated rings. The molecule has 1 aliphatic heterocycles. The van der Waals surface area contributed by atoms with Gasteiger partial charge in [-0.1, -0.05) is 6.07 Å². The van der Waals surface area contributed by atoms with Gasteiger partial charge in [-0.3, -0.25) is 24.3 Å². The second-order valence-electron chi connectivity index (χ2n) is 7.50. The molecule has 0 spiro atoms. The fourth-order valence-corrected chi connectivity index (χ4v) is 4.33. The summed E-state index contributed by atoms with van der Waals surface area (Å²) in [6.07, 6.45) is 1.55. The Bertz CT molecular complexity index is 1310. The van der Waals surface area contributed by atoms with Crippen LogP contribution >= 0.6 is 15.9 Å². The van der Waals surface area contributed by atoms with E-state index in [1.807, 2.05) is 0 Å². The topological polar surface area (TPSA) is 109 Å². The number of amides is 2. The van der Waals surface area contributed by atoms with Gasteiger partial charge in [-0.2, -0.15) is 0 Å². The van der Waals surface area contributed by atoms with Crippen LogP contribution in [0.2, 0.25) is 0 Å². The first-order chi connectivity index (χ1) is 16.3. The zero-order valence-corrected chi connectivity index (χ0v) is 19.9. The first-order valence-electron chi connectivity index (χ1n) is 10.2. The number of rotatable bonds is 5. The summed E-state index contributed by atoms with van der Waals surface area (Å²) in [4.78, 5) is 43.3. The van der Waals surface area contributed by atoms with Gasteiger partial charge in [-0.25, -0.2) is 0 Å². The quantitative estimate of drug-likeness (QED) is 0.292. The van der Waals surface area contributed by atoms with Crippen LogP contribution in [0.25, 0.3) is 5.76 Å². The lowest BCUT2D eigenvalue weighted by Crippen LogP contribution is -2.29. The molecule has 2 amide bonds. The van der Waals surface area contributed by atoms with Crippen molar-refractivity contribution in [1.82, 2.24) is 4.98 Å². The highest BCUT2D eigenvalue weighted by molar-refractivity contribution is 9.10. The zero-order chi connectivity index (χ0) is 24.4. The van der Waals surface area contributed by atoms with Crippen molar-refractivity contribution in [3.63, 3.8) is 0 Å². The number of nitrogens with one attached hydrogen (secondary N) is 1. The Kier molecular flexibility index (Phi) is 6.47. The zero-order valence-electron chi connectivity index (χ0n) is 18.3. The monoisotopic (exact) mass is 521 g/mol. The van der Waals surface area contributed by atoms with Gasteiger partial charge in [0.2, 0.25) is 5.91 Å². The number of benzene rings is 2. The Labute approximate surface area is 204 Å². The van der Waals surface area contributed by atoms with Crippen molar-refractivity contribution in [2.45, 2.75) is 13.0 Å². The number of carbonyl (C=O) groups is 3. The summed E-state index contributed by atoms with van der Waals surface area (Å²) in [6, 6.07) is 15.6. The number of hydrogen-bond acceptors (Lipinski definition) is 6. The van der Waals surface area contributed by atoms with Crippen LogP contribution in [0, 0.1) is 0 Å². The van der Waals surface area contributed by atoms with E-state index in [1.54, 1.807) is 66.9 Å². The third-order valence-electron chi connectivity index (χ3n) is 5.30. The SMILES string of the molecule is COc1ccc(/C(O)=C2/C(=O)C(=O)N(c3ccc(NC(C)=O)cc3)C2c2ccccn2)cc1Br. The number of aliphatic hydroxyl groups is 1. The lowest BCUT2D eigenvalue weighted by Gasteiger charge is -2.24. The van der Waals surface area contributed by atoms with Gasteiger partial charge in [0.05, 0.1) is 22.8 Å². The largest absolute Gasteiger partial charge is 0.507 e. The van der Waals surface area contributed by atoms with Gasteiger partial charge in [0.1, 0.15) is 17.6 Å². The molecule has 2 aromatic carbocycles. The van der Waals surface area contributed by atoms with Crippen LogP contribution in [0.5, 0.6) is 5.75 Å². The molecule has 2 N–H and O–H groups in total. The molecule has 1 aliphatic rings. The van der Waals surface area contributed by atoms with E-state index in [4.69, 9.17) is 4.74 Å². The van der Waals surface area contributed by atoms with Gasteiger partial charge in [0.15, 0.2) is 0 Å². The molecular weight excluding hydrogens is 502 g/mol. The number of aromatic nitrogens is 1. The lowest BCUT2D eigenvalue weighted by atomic mass is 9.98. The smallest absolute Gasteiger partial charge is 0.300 e. The number of anilines is 2. The van der Waals surface area contributed by atoms with Crippen molar-refractivity contribution in [2.24, 2.45) is 0 Å². The lowest BCUT2D eigenvalue weighted by molar-refractivity contribution is -0.132. The van der Waals surface area contributed by atoms with Crippen molar-refractivity contribution < 1.29 is 24.2 Å². The number of halogens is 1. The average Bonchev–Trinajstić information content (AvgIpc) is 3.09. The minimum absolute atomic E-state index is 0.0771. The number of hydrogen-bond donors (Lipinski definition) is 2. The predicted octanol–water partition coefficient (Wildman–Crippen LogP) is 4.44. The van der Waals surface area contributed by atoms with Crippen LogP contribution < -0.4 is 15.0 Å². The first kappa shape index (κ1) is 23.2. The summed E-state index contributed by atoms with van der Waals surface area (Å²) in [5, 5.41) is 13.8. The molecule has 4 rings (SSSR count). The third kappa shape index (κ3) is 4.29. The van der Waals surface area contributed by atoms with Crippen LogP contribution in [0.4, 0.5) is 11.4 Å². The van der Waals surface area contributed by atoms with E-state index in [1.165, 1.54) is 18.9 Å². The molecule has 0 saturated carbocycles. The Morgan fingerprint density at radius 1 is 1.12 bits per heavy atom. The van der Waals surface area contributed by atoms with Crippen molar-refractivity contribution in [3.05, 3.63) is 88.2 Å². The number of ether oxygens (including phenoxy) is 1. The summed E-state index contributed by atoms with van der Waals surface area (Å²) >= 11 is 3.38. The molecular formula is C25H20BrN3O5. The Hall–Kier alpha value is -3.98. The average molecular weight is 522 g/mol. The number of ketones is 1. The van der Waals surface area contributed by atoms with Crippen LogP contribution in [-0.2, 0) is 14.4 Å². The highest BCUT2D eigenvalue weighted by Gasteiger charge is 2.47. The molecule has 1 saturated heterocycles. The van der Waals surface area contributed by atoms with Gasteiger partial charge >= 0.3 is 0 Å². The molecule has 1 aromatic heterocycles. The molecule has 2 heterocycles. The van der Waals surface area contributed by atoms with Crippen molar-refractivity contribution in [1.29, 1.82) is 0 Å². The molecule has 1 unspecified atom stereocenters. The van der Waals surface area contributed by atoms with Gasteiger partial charge in [0.25, 0.3) is 11.7 Å². The molecule has 0 aliphatic carbocycles. The van der Waals surface area contributed by atoms with Gasteiger partial charge in [0, 0.05) is 30.1 Å². The molecule has 172 valence electrons. The summed E-state index contributed by atoms with van der Waals surface area (Å²) in [5.74, 6) is -1.62. The predicted molar refractivity (Wildman–Crippen MR) is 130 cm³/mol. The number of aliphatic hydroxyl groups excluding tert-OH is 1. The second kappa shape index (κ2) is 9.48. The number of methoxy groups -OCH3 is 1. The van der Waals surface area contributed by atoms with E-state index in [2.05, 4.69) is 26.2 Å². The summed E-state index contributed by atoms with van der Waals surface area (Å²) in [6.45, 7) is 1.39. The summed E-state index contributed by atoms with van der Waals surface area (Å²) in [5.41, 5.74) is 1.65. The maximum atomic E-state index is 13.2. The number of pyridine rings is 1. The van der Waals surface area contributed by atoms with Gasteiger partial charge < -0.3 is 15.2 Å². The summed E-state index contributed by atoms with van der Waals surface area (Å²) in [7, 11) is 1.52. The minimum atomic E-state index is -0.950. The van der Waals surface area contributed by atoms with Crippen molar-refractivity contribution >= 4 is 50.7 Å². The van der Waals surface area contributed by atoms with Gasteiger partial charge in [-0.15, -0.1) is 0 Å². The van der Waals surface area contributed by atoms with E-state index in [-0.39, 0.29) is 17.2 Å². The molecule has 3 aromatic rings. The van der Waals surface area contributed by atoms with E-state index < -0.39 is 17.7 Å². The number of nitrogens with zero attached hydrogens (tertiary/aromatic N) is 2. The molecule has 8 nitrogen and oxygen atoms in total. The minimum Gasteiger partial charge on any atom is -0.507 e. The highest BCUT2D eigenvalue weighted by Crippen LogP contribution is 2.42. The van der Waals surface area contributed by atoms with Crippen LogP contribution in [-0.4, -0.2) is 34.8 Å². The van der Waals surface area contributed by atoms with Crippen molar-refractivity contribution in [3.8, 4) is 5.75 Å². The maximum Gasteiger partial charge on any atom is 0.300 e. The maximum absolute atomic E-state index is 13.2. The van der Waals surface area contributed by atoms with Gasteiger partial charge in [-0.05, 0) is 70.5 Å². The second-order valence-corrected chi connectivity index (χ2v) is 8.36. The fourth-order valence-electron chi connectivity index (χ4n) is 3.79. The Balaban J connectivity index is 1.86. The van der Waals surface area contributed by atoms with Crippen molar-refractivity contribution in [2.75, 3.05) is 17.3 Å². The fraction of sp³-hybridized carbons (Fsp3) is 0.120. The van der Waals surface area contributed by atoms with E-state index in [0.717, 1.165) is 0 Å². The molecule has 34 heavy (non-hydrogen) atoms. The van der Waals surface area contributed by atoms with Crippen LogP contribution in [0.3, 0.4) is 0 Å². The number of carbonyl (C=O) groups excluding carboxylic acids is 3. The molecule has 1 atom stereocenters. The third-order valence-corrected chi connectivity index (χ3v) is 5.92. The normalized spacial score (nSPS) is 17.0. The molecule has 9 heteroatoms. The Morgan fingerprint density at radius 3 is 2.44 bits per heavy atom.